The highest BCUT2D eigenvalue weighted by molar-refractivity contribution is 9.10. The summed E-state index contributed by atoms with van der Waals surface area (Å²) in [5.41, 5.74) is 0.226. The molecule has 0 spiro atoms. The summed E-state index contributed by atoms with van der Waals surface area (Å²) in [7, 11) is 3.34. The van der Waals surface area contributed by atoms with Gasteiger partial charge in [-0.15, -0.1) is 0 Å². The average molecular weight is 329 g/mol. The Balaban J connectivity index is 2.25. The lowest BCUT2D eigenvalue weighted by atomic mass is 9.78. The molecular weight excluding hydrogens is 308 g/mol. The number of hydrogen-bond donors (Lipinski definition) is 1. The number of ether oxygens (including phenoxy) is 2. The van der Waals surface area contributed by atoms with E-state index >= 15 is 0 Å². The summed E-state index contributed by atoms with van der Waals surface area (Å²) in [6.07, 6.45) is 4.34. The summed E-state index contributed by atoms with van der Waals surface area (Å²) in [6, 6.07) is 5.88. The Morgan fingerprint density at radius 1 is 1.37 bits per heavy atom. The standard InChI is InChI=1S/C15H21BrO3/c1-18-13-7-6-12(16)9-11(13)10-15(17)8-4-3-5-14(15)19-2/h6-7,9,14,17H,3-5,8,10H2,1-2H3. The smallest absolute Gasteiger partial charge is 0.122 e. The Bertz CT molecular complexity index is 435. The summed E-state index contributed by atoms with van der Waals surface area (Å²) in [5.74, 6) is 0.817. The highest BCUT2D eigenvalue weighted by Crippen LogP contribution is 2.36. The van der Waals surface area contributed by atoms with Crippen LogP contribution in [0.15, 0.2) is 22.7 Å². The molecule has 1 N–H and O–H groups in total. The quantitative estimate of drug-likeness (QED) is 0.921. The number of aliphatic hydroxyl groups is 1. The lowest BCUT2D eigenvalue weighted by Gasteiger charge is -2.39. The molecule has 0 amide bonds. The molecule has 0 bridgehead atoms. The van der Waals surface area contributed by atoms with E-state index in [0.717, 1.165) is 41.5 Å². The van der Waals surface area contributed by atoms with E-state index in [2.05, 4.69) is 15.9 Å². The van der Waals surface area contributed by atoms with Crippen LogP contribution in [0.3, 0.4) is 0 Å². The average Bonchev–Trinajstić information content (AvgIpc) is 2.39. The van der Waals surface area contributed by atoms with Gasteiger partial charge in [0, 0.05) is 18.0 Å². The Hall–Kier alpha value is -0.580. The van der Waals surface area contributed by atoms with Crippen molar-refractivity contribution in [3.05, 3.63) is 28.2 Å². The first-order valence-electron chi connectivity index (χ1n) is 6.66. The Morgan fingerprint density at radius 3 is 2.84 bits per heavy atom. The van der Waals surface area contributed by atoms with Crippen molar-refractivity contribution in [2.75, 3.05) is 14.2 Å². The second-order valence-corrected chi connectivity index (χ2v) is 6.12. The molecule has 1 saturated carbocycles. The zero-order chi connectivity index (χ0) is 13.9. The number of methoxy groups -OCH3 is 2. The highest BCUT2D eigenvalue weighted by Gasteiger charge is 2.39. The third-order valence-electron chi connectivity index (χ3n) is 3.95. The summed E-state index contributed by atoms with van der Waals surface area (Å²) < 4.78 is 11.9. The molecule has 19 heavy (non-hydrogen) atoms. The van der Waals surface area contributed by atoms with Gasteiger partial charge >= 0.3 is 0 Å². The van der Waals surface area contributed by atoms with Gasteiger partial charge in [-0.25, -0.2) is 0 Å². The van der Waals surface area contributed by atoms with Crippen LogP contribution >= 0.6 is 15.9 Å². The van der Waals surface area contributed by atoms with Crippen molar-refractivity contribution in [1.82, 2.24) is 0 Å². The molecule has 106 valence electrons. The third-order valence-corrected chi connectivity index (χ3v) is 4.44. The van der Waals surface area contributed by atoms with Crippen LogP contribution in [-0.2, 0) is 11.2 Å². The first-order valence-corrected chi connectivity index (χ1v) is 7.46. The molecule has 1 aliphatic rings. The molecule has 1 aliphatic carbocycles. The fraction of sp³-hybridized carbons (Fsp3) is 0.600. The minimum absolute atomic E-state index is 0.0927. The summed E-state index contributed by atoms with van der Waals surface area (Å²) in [4.78, 5) is 0. The van der Waals surface area contributed by atoms with Crippen LogP contribution in [0.1, 0.15) is 31.2 Å². The van der Waals surface area contributed by atoms with Gasteiger partial charge in [-0.05, 0) is 36.6 Å². The maximum atomic E-state index is 10.9. The van der Waals surface area contributed by atoms with Crippen molar-refractivity contribution in [3.8, 4) is 5.75 Å². The fourth-order valence-corrected chi connectivity index (χ4v) is 3.35. The van der Waals surface area contributed by atoms with Crippen LogP contribution in [0.4, 0.5) is 0 Å². The van der Waals surface area contributed by atoms with Gasteiger partial charge in [-0.3, -0.25) is 0 Å². The van der Waals surface area contributed by atoms with E-state index in [0.29, 0.717) is 6.42 Å². The van der Waals surface area contributed by atoms with Crippen molar-refractivity contribution < 1.29 is 14.6 Å². The van der Waals surface area contributed by atoms with E-state index in [1.807, 2.05) is 18.2 Å². The largest absolute Gasteiger partial charge is 0.496 e. The Morgan fingerprint density at radius 2 is 2.16 bits per heavy atom. The van der Waals surface area contributed by atoms with Crippen LogP contribution in [0.25, 0.3) is 0 Å². The van der Waals surface area contributed by atoms with Gasteiger partial charge in [0.1, 0.15) is 5.75 Å². The van der Waals surface area contributed by atoms with Crippen molar-refractivity contribution in [2.24, 2.45) is 0 Å². The van der Waals surface area contributed by atoms with Crippen molar-refractivity contribution >= 4 is 15.9 Å². The lowest BCUT2D eigenvalue weighted by Crippen LogP contribution is -2.47. The molecule has 2 atom stereocenters. The van der Waals surface area contributed by atoms with Crippen LogP contribution in [0, 0.1) is 0 Å². The minimum atomic E-state index is -0.791. The van der Waals surface area contributed by atoms with Crippen molar-refractivity contribution in [1.29, 1.82) is 0 Å². The van der Waals surface area contributed by atoms with Gasteiger partial charge in [-0.2, -0.15) is 0 Å². The number of hydrogen-bond acceptors (Lipinski definition) is 3. The number of benzene rings is 1. The van der Waals surface area contributed by atoms with E-state index in [9.17, 15) is 5.11 Å². The first kappa shape index (κ1) is 14.8. The van der Waals surface area contributed by atoms with Gasteiger partial charge < -0.3 is 14.6 Å². The molecule has 0 radical (unpaired) electrons. The molecule has 0 aliphatic heterocycles. The van der Waals surface area contributed by atoms with E-state index in [1.54, 1.807) is 14.2 Å². The molecule has 4 heteroatoms. The second kappa shape index (κ2) is 6.25. The zero-order valence-corrected chi connectivity index (χ0v) is 13.1. The minimum Gasteiger partial charge on any atom is -0.496 e. The third kappa shape index (κ3) is 3.30. The monoisotopic (exact) mass is 328 g/mol. The number of rotatable bonds is 4. The van der Waals surface area contributed by atoms with Gasteiger partial charge in [-0.1, -0.05) is 28.8 Å². The van der Waals surface area contributed by atoms with E-state index in [4.69, 9.17) is 9.47 Å². The van der Waals surface area contributed by atoms with E-state index < -0.39 is 5.60 Å². The molecule has 1 aromatic carbocycles. The molecule has 2 rings (SSSR count). The Kier molecular flexibility index (Phi) is 4.87. The maximum absolute atomic E-state index is 10.9. The SMILES string of the molecule is COc1ccc(Br)cc1CC1(O)CCCCC1OC. The summed E-state index contributed by atoms with van der Waals surface area (Å²) >= 11 is 3.47. The summed E-state index contributed by atoms with van der Waals surface area (Å²) in [6.45, 7) is 0. The van der Waals surface area contributed by atoms with Gasteiger partial charge in [0.25, 0.3) is 0 Å². The lowest BCUT2D eigenvalue weighted by molar-refractivity contribution is -0.116. The second-order valence-electron chi connectivity index (χ2n) is 5.21. The van der Waals surface area contributed by atoms with E-state index in [-0.39, 0.29) is 6.10 Å². The Labute approximate surface area is 123 Å². The topological polar surface area (TPSA) is 38.7 Å². The molecule has 1 aromatic rings. The van der Waals surface area contributed by atoms with Crippen LogP contribution in [0.2, 0.25) is 0 Å². The molecule has 0 saturated heterocycles. The van der Waals surface area contributed by atoms with Gasteiger partial charge in [0.2, 0.25) is 0 Å². The molecule has 2 unspecified atom stereocenters. The molecule has 3 nitrogen and oxygen atoms in total. The summed E-state index contributed by atoms with van der Waals surface area (Å²) in [5, 5.41) is 10.9. The van der Waals surface area contributed by atoms with Crippen LogP contribution in [-0.4, -0.2) is 31.0 Å². The van der Waals surface area contributed by atoms with Crippen LogP contribution in [0.5, 0.6) is 5.75 Å². The fourth-order valence-electron chi connectivity index (χ4n) is 2.95. The molecule has 1 fully saturated rings. The molecule has 0 heterocycles. The highest BCUT2D eigenvalue weighted by atomic mass is 79.9. The first-order chi connectivity index (χ1) is 9.09. The van der Waals surface area contributed by atoms with Gasteiger partial charge in [0.15, 0.2) is 0 Å². The van der Waals surface area contributed by atoms with E-state index in [1.165, 1.54) is 0 Å². The predicted molar refractivity (Wildman–Crippen MR) is 78.6 cm³/mol. The molecule has 0 aromatic heterocycles. The molecular formula is C15H21BrO3. The van der Waals surface area contributed by atoms with Crippen molar-refractivity contribution in [3.63, 3.8) is 0 Å². The zero-order valence-electron chi connectivity index (χ0n) is 11.5. The predicted octanol–water partition coefficient (Wildman–Crippen LogP) is 3.32. The van der Waals surface area contributed by atoms with Gasteiger partial charge in [0.05, 0.1) is 18.8 Å². The normalized spacial score (nSPS) is 27.3. The van der Waals surface area contributed by atoms with Crippen molar-refractivity contribution in [2.45, 2.75) is 43.8 Å². The maximum Gasteiger partial charge on any atom is 0.122 e. The van der Waals surface area contributed by atoms with Crippen LogP contribution < -0.4 is 4.74 Å². The number of halogens is 1.